The smallest absolute Gasteiger partial charge is 0.000837 e. The van der Waals surface area contributed by atoms with E-state index in [1.807, 2.05) is 0 Å². The molecule has 0 radical (unpaired) electrons. The van der Waals surface area contributed by atoms with Crippen LogP contribution < -0.4 is 10.6 Å². The molecule has 0 amide bonds. The average molecular weight is 224 g/mol. The largest absolute Gasteiger partial charge is 0.316 e. The van der Waals surface area contributed by atoms with Gasteiger partial charge in [-0.05, 0) is 63.7 Å². The van der Waals surface area contributed by atoms with Gasteiger partial charge in [-0.3, -0.25) is 0 Å². The Kier molecular flexibility index (Phi) is 5.64. The molecule has 1 atom stereocenters. The van der Waals surface area contributed by atoms with E-state index in [0.717, 1.165) is 11.8 Å². The minimum atomic E-state index is 0.889. The van der Waals surface area contributed by atoms with Gasteiger partial charge in [-0.1, -0.05) is 25.7 Å². The Morgan fingerprint density at radius 3 is 2.56 bits per heavy atom. The predicted octanol–water partition coefficient (Wildman–Crippen LogP) is 2.55. The van der Waals surface area contributed by atoms with Crippen molar-refractivity contribution < 1.29 is 0 Å². The van der Waals surface area contributed by atoms with Crippen LogP contribution in [0.2, 0.25) is 0 Å². The zero-order chi connectivity index (χ0) is 11.1. The number of piperidine rings is 1. The van der Waals surface area contributed by atoms with E-state index in [9.17, 15) is 0 Å². The first kappa shape index (κ1) is 12.4. The molecule has 0 aromatic rings. The van der Waals surface area contributed by atoms with Crippen LogP contribution in [0.1, 0.15) is 51.4 Å². The number of rotatable bonds is 6. The molecule has 1 saturated carbocycles. The fraction of sp³-hybridized carbons (Fsp3) is 1.00. The predicted molar refractivity (Wildman–Crippen MR) is 69.7 cm³/mol. The zero-order valence-corrected chi connectivity index (χ0v) is 10.6. The van der Waals surface area contributed by atoms with E-state index in [2.05, 4.69) is 10.6 Å². The van der Waals surface area contributed by atoms with E-state index < -0.39 is 0 Å². The number of hydrogen-bond donors (Lipinski definition) is 2. The van der Waals surface area contributed by atoms with Crippen LogP contribution in [0.25, 0.3) is 0 Å². The van der Waals surface area contributed by atoms with Gasteiger partial charge in [0.25, 0.3) is 0 Å². The van der Waals surface area contributed by atoms with Crippen LogP contribution in [0.4, 0.5) is 0 Å². The first-order chi connectivity index (χ1) is 7.95. The SMILES string of the molecule is C1CCC(CCCNCC2CCCNC2)C1. The van der Waals surface area contributed by atoms with E-state index in [4.69, 9.17) is 0 Å². The molecule has 2 N–H and O–H groups in total. The molecule has 0 spiro atoms. The Morgan fingerprint density at radius 2 is 1.81 bits per heavy atom. The van der Waals surface area contributed by atoms with E-state index in [1.54, 1.807) is 0 Å². The third-order valence-corrected chi connectivity index (χ3v) is 4.27. The maximum absolute atomic E-state index is 3.64. The first-order valence-corrected chi connectivity index (χ1v) is 7.36. The summed E-state index contributed by atoms with van der Waals surface area (Å²) in [5, 5.41) is 7.12. The van der Waals surface area contributed by atoms with Gasteiger partial charge in [0.15, 0.2) is 0 Å². The normalized spacial score (nSPS) is 27.4. The average Bonchev–Trinajstić information content (AvgIpc) is 2.83. The van der Waals surface area contributed by atoms with Crippen LogP contribution in [-0.2, 0) is 0 Å². The summed E-state index contributed by atoms with van der Waals surface area (Å²) < 4.78 is 0. The Bertz CT molecular complexity index is 170. The van der Waals surface area contributed by atoms with E-state index in [-0.39, 0.29) is 0 Å². The van der Waals surface area contributed by atoms with Gasteiger partial charge in [0.2, 0.25) is 0 Å². The topological polar surface area (TPSA) is 24.1 Å². The molecule has 1 saturated heterocycles. The molecular weight excluding hydrogens is 196 g/mol. The van der Waals surface area contributed by atoms with Gasteiger partial charge < -0.3 is 10.6 Å². The molecule has 0 aromatic carbocycles. The lowest BCUT2D eigenvalue weighted by atomic mass is 9.99. The molecule has 0 bridgehead atoms. The maximum atomic E-state index is 3.64. The third kappa shape index (κ3) is 4.42. The highest BCUT2D eigenvalue weighted by molar-refractivity contribution is 4.71. The van der Waals surface area contributed by atoms with Crippen molar-refractivity contribution in [2.45, 2.75) is 51.4 Å². The Balaban J connectivity index is 1.42. The second-order valence-electron chi connectivity index (χ2n) is 5.71. The van der Waals surface area contributed by atoms with Gasteiger partial charge in [-0.25, -0.2) is 0 Å². The second kappa shape index (κ2) is 7.29. The van der Waals surface area contributed by atoms with Crippen LogP contribution >= 0.6 is 0 Å². The summed E-state index contributed by atoms with van der Waals surface area (Å²) in [5.74, 6) is 1.96. The summed E-state index contributed by atoms with van der Waals surface area (Å²) in [6, 6.07) is 0. The number of hydrogen-bond acceptors (Lipinski definition) is 2. The molecule has 1 unspecified atom stereocenters. The molecule has 2 aliphatic rings. The summed E-state index contributed by atoms with van der Waals surface area (Å²) in [4.78, 5) is 0. The molecule has 16 heavy (non-hydrogen) atoms. The van der Waals surface area contributed by atoms with Crippen molar-refractivity contribution >= 4 is 0 Å². The van der Waals surface area contributed by atoms with Gasteiger partial charge in [0, 0.05) is 0 Å². The summed E-state index contributed by atoms with van der Waals surface area (Å²) >= 11 is 0. The van der Waals surface area contributed by atoms with Crippen LogP contribution in [-0.4, -0.2) is 26.2 Å². The molecule has 2 heteroatoms. The first-order valence-electron chi connectivity index (χ1n) is 7.36. The van der Waals surface area contributed by atoms with E-state index in [0.29, 0.717) is 0 Å². The summed E-state index contributed by atoms with van der Waals surface area (Å²) in [5.41, 5.74) is 0. The fourth-order valence-corrected chi connectivity index (χ4v) is 3.22. The van der Waals surface area contributed by atoms with E-state index >= 15 is 0 Å². The van der Waals surface area contributed by atoms with Gasteiger partial charge in [-0.2, -0.15) is 0 Å². The molecule has 2 rings (SSSR count). The Labute approximate surface area is 101 Å². The maximum Gasteiger partial charge on any atom is -0.000837 e. The highest BCUT2D eigenvalue weighted by atomic mass is 14.9. The van der Waals surface area contributed by atoms with Gasteiger partial charge >= 0.3 is 0 Å². The zero-order valence-electron chi connectivity index (χ0n) is 10.6. The molecule has 2 fully saturated rings. The Morgan fingerprint density at radius 1 is 1.00 bits per heavy atom. The molecule has 0 aromatic heterocycles. The van der Waals surface area contributed by atoms with Crippen molar-refractivity contribution in [1.29, 1.82) is 0 Å². The van der Waals surface area contributed by atoms with Gasteiger partial charge in [-0.15, -0.1) is 0 Å². The molecule has 94 valence electrons. The highest BCUT2D eigenvalue weighted by Crippen LogP contribution is 2.28. The van der Waals surface area contributed by atoms with Crippen molar-refractivity contribution in [3.63, 3.8) is 0 Å². The van der Waals surface area contributed by atoms with Crippen LogP contribution in [0.15, 0.2) is 0 Å². The van der Waals surface area contributed by atoms with Crippen molar-refractivity contribution in [3.8, 4) is 0 Å². The van der Waals surface area contributed by atoms with Crippen LogP contribution in [0, 0.1) is 11.8 Å². The fourth-order valence-electron chi connectivity index (χ4n) is 3.22. The summed E-state index contributed by atoms with van der Waals surface area (Å²) in [6.07, 6.45) is 11.6. The standard InChI is InChI=1S/C14H28N2/c1-2-6-13(5-1)7-3-9-15-11-14-8-4-10-16-12-14/h13-16H,1-12H2. The quantitative estimate of drug-likeness (QED) is 0.678. The minimum absolute atomic E-state index is 0.889. The van der Waals surface area contributed by atoms with E-state index in [1.165, 1.54) is 77.5 Å². The number of nitrogens with one attached hydrogen (secondary N) is 2. The van der Waals surface area contributed by atoms with Gasteiger partial charge in [0.1, 0.15) is 0 Å². The van der Waals surface area contributed by atoms with Gasteiger partial charge in [0.05, 0.1) is 0 Å². The monoisotopic (exact) mass is 224 g/mol. The lowest BCUT2D eigenvalue weighted by Gasteiger charge is -2.23. The third-order valence-electron chi connectivity index (χ3n) is 4.27. The minimum Gasteiger partial charge on any atom is -0.316 e. The highest BCUT2D eigenvalue weighted by Gasteiger charge is 2.14. The molecule has 1 heterocycles. The molecule has 2 nitrogen and oxygen atoms in total. The molecular formula is C14H28N2. The van der Waals surface area contributed by atoms with Crippen molar-refractivity contribution in [2.24, 2.45) is 11.8 Å². The van der Waals surface area contributed by atoms with Crippen molar-refractivity contribution in [3.05, 3.63) is 0 Å². The Hall–Kier alpha value is -0.0800. The van der Waals surface area contributed by atoms with Crippen molar-refractivity contribution in [1.82, 2.24) is 10.6 Å². The molecule has 1 aliphatic carbocycles. The second-order valence-corrected chi connectivity index (χ2v) is 5.71. The van der Waals surface area contributed by atoms with Crippen molar-refractivity contribution in [2.75, 3.05) is 26.2 Å². The summed E-state index contributed by atoms with van der Waals surface area (Å²) in [6.45, 7) is 4.94. The lowest BCUT2D eigenvalue weighted by molar-refractivity contribution is 0.356. The molecule has 1 aliphatic heterocycles. The van der Waals surface area contributed by atoms with Crippen LogP contribution in [0.3, 0.4) is 0 Å². The summed E-state index contributed by atoms with van der Waals surface area (Å²) in [7, 11) is 0. The van der Waals surface area contributed by atoms with Crippen LogP contribution in [0.5, 0.6) is 0 Å². The lowest BCUT2D eigenvalue weighted by Crippen LogP contribution is -2.36.